The predicted molar refractivity (Wildman–Crippen MR) is 71.4 cm³/mol. The maximum absolute atomic E-state index is 12.0. The summed E-state index contributed by atoms with van der Waals surface area (Å²) < 4.78 is 1.70. The van der Waals surface area contributed by atoms with Crippen LogP contribution in [0.5, 0.6) is 0 Å². The van der Waals surface area contributed by atoms with Crippen molar-refractivity contribution in [1.82, 2.24) is 14.7 Å². The third kappa shape index (κ3) is 3.32. The molecule has 1 N–H and O–H groups in total. The number of rotatable bonds is 3. The molecule has 1 aliphatic heterocycles. The van der Waals surface area contributed by atoms with Gasteiger partial charge in [-0.15, -0.1) is 0 Å². The van der Waals surface area contributed by atoms with E-state index in [1.807, 2.05) is 20.0 Å². The van der Waals surface area contributed by atoms with E-state index in [1.54, 1.807) is 4.68 Å². The number of piperidine rings is 1. The van der Waals surface area contributed by atoms with Gasteiger partial charge in [-0.3, -0.25) is 14.4 Å². The number of amides is 1. The van der Waals surface area contributed by atoms with E-state index < -0.39 is 0 Å². The second kappa shape index (κ2) is 5.52. The van der Waals surface area contributed by atoms with E-state index in [1.165, 1.54) is 12.8 Å². The van der Waals surface area contributed by atoms with E-state index in [9.17, 15) is 4.79 Å². The van der Waals surface area contributed by atoms with Crippen molar-refractivity contribution in [3.8, 4) is 0 Å². The highest BCUT2D eigenvalue weighted by molar-refractivity contribution is 5.91. The minimum Gasteiger partial charge on any atom is -0.310 e. The topological polar surface area (TPSA) is 50.2 Å². The molecule has 0 spiro atoms. The Hall–Kier alpha value is -1.36. The first-order valence-corrected chi connectivity index (χ1v) is 6.57. The zero-order valence-corrected chi connectivity index (χ0v) is 11.4. The lowest BCUT2D eigenvalue weighted by atomic mass is 10.0. The molecule has 1 atom stereocenters. The zero-order valence-electron chi connectivity index (χ0n) is 11.4. The number of likely N-dealkylation sites (tertiary alicyclic amines) is 1. The molecule has 0 saturated carbocycles. The van der Waals surface area contributed by atoms with Crippen LogP contribution in [0.25, 0.3) is 0 Å². The van der Waals surface area contributed by atoms with Crippen molar-refractivity contribution >= 4 is 11.7 Å². The SMILES string of the molecule is Cc1cc(NC(=O)CN2CCCC(C)C2)n(C)n1. The summed E-state index contributed by atoms with van der Waals surface area (Å²) in [6.45, 7) is 6.70. The smallest absolute Gasteiger partial charge is 0.239 e. The number of nitrogens with zero attached hydrogens (tertiary/aromatic N) is 3. The van der Waals surface area contributed by atoms with Crippen LogP contribution in [0.3, 0.4) is 0 Å². The average molecular weight is 250 g/mol. The number of hydrogen-bond acceptors (Lipinski definition) is 3. The Morgan fingerprint density at radius 3 is 3.00 bits per heavy atom. The van der Waals surface area contributed by atoms with Crippen LogP contribution in [-0.2, 0) is 11.8 Å². The van der Waals surface area contributed by atoms with Crippen LogP contribution in [0.2, 0.25) is 0 Å². The van der Waals surface area contributed by atoms with Crippen molar-refractivity contribution in [2.75, 3.05) is 25.0 Å². The fraction of sp³-hybridized carbons (Fsp3) is 0.692. The second-order valence-electron chi connectivity index (χ2n) is 5.33. The summed E-state index contributed by atoms with van der Waals surface area (Å²) in [7, 11) is 1.84. The van der Waals surface area contributed by atoms with Gasteiger partial charge < -0.3 is 5.32 Å². The zero-order chi connectivity index (χ0) is 13.1. The van der Waals surface area contributed by atoms with Gasteiger partial charge in [-0.1, -0.05) is 6.92 Å². The van der Waals surface area contributed by atoms with Gasteiger partial charge in [0.05, 0.1) is 12.2 Å². The Morgan fingerprint density at radius 1 is 1.61 bits per heavy atom. The number of nitrogens with one attached hydrogen (secondary N) is 1. The van der Waals surface area contributed by atoms with Crippen molar-refractivity contribution in [2.24, 2.45) is 13.0 Å². The van der Waals surface area contributed by atoms with Crippen molar-refractivity contribution < 1.29 is 4.79 Å². The second-order valence-corrected chi connectivity index (χ2v) is 5.33. The number of carbonyl (C=O) groups is 1. The molecule has 5 heteroatoms. The summed E-state index contributed by atoms with van der Waals surface area (Å²) in [6, 6.07) is 1.89. The Balaban J connectivity index is 1.86. The summed E-state index contributed by atoms with van der Waals surface area (Å²) in [5, 5.41) is 7.12. The van der Waals surface area contributed by atoms with Gasteiger partial charge in [0, 0.05) is 19.7 Å². The predicted octanol–water partition coefficient (Wildman–Crippen LogP) is 1.40. The minimum atomic E-state index is 0.0482. The van der Waals surface area contributed by atoms with Crippen molar-refractivity contribution in [3.63, 3.8) is 0 Å². The van der Waals surface area contributed by atoms with E-state index in [4.69, 9.17) is 0 Å². The van der Waals surface area contributed by atoms with Crippen molar-refractivity contribution in [1.29, 1.82) is 0 Å². The molecule has 1 fully saturated rings. The van der Waals surface area contributed by atoms with E-state index in [0.717, 1.165) is 24.6 Å². The first-order chi connectivity index (χ1) is 8.54. The Kier molecular flexibility index (Phi) is 4.01. The Bertz CT molecular complexity index is 427. The van der Waals surface area contributed by atoms with Crippen molar-refractivity contribution in [3.05, 3.63) is 11.8 Å². The first-order valence-electron chi connectivity index (χ1n) is 6.57. The molecule has 100 valence electrons. The molecule has 1 aliphatic rings. The van der Waals surface area contributed by atoms with Gasteiger partial charge in [0.25, 0.3) is 0 Å². The molecule has 18 heavy (non-hydrogen) atoms. The average Bonchev–Trinajstić information content (AvgIpc) is 2.57. The standard InChI is InChI=1S/C13H22N4O/c1-10-5-4-6-17(8-10)9-13(18)14-12-7-11(2)15-16(12)3/h7,10H,4-6,8-9H2,1-3H3,(H,14,18). The van der Waals surface area contributed by atoms with Crippen LogP contribution < -0.4 is 5.32 Å². The van der Waals surface area contributed by atoms with E-state index >= 15 is 0 Å². The molecule has 1 saturated heterocycles. The van der Waals surface area contributed by atoms with Crippen LogP contribution in [0.1, 0.15) is 25.5 Å². The Morgan fingerprint density at radius 2 is 2.39 bits per heavy atom. The van der Waals surface area contributed by atoms with Crippen molar-refractivity contribution in [2.45, 2.75) is 26.7 Å². The molecule has 5 nitrogen and oxygen atoms in total. The van der Waals surface area contributed by atoms with Gasteiger partial charge in [-0.25, -0.2) is 0 Å². The maximum atomic E-state index is 12.0. The normalized spacial score (nSPS) is 20.9. The quantitative estimate of drug-likeness (QED) is 0.882. The minimum absolute atomic E-state index is 0.0482. The largest absolute Gasteiger partial charge is 0.310 e. The number of carbonyl (C=O) groups excluding carboxylic acids is 1. The molecule has 2 heterocycles. The molecule has 1 aromatic heterocycles. The van der Waals surface area contributed by atoms with E-state index in [0.29, 0.717) is 12.5 Å². The fourth-order valence-electron chi connectivity index (χ4n) is 2.54. The molecule has 0 bridgehead atoms. The fourth-order valence-corrected chi connectivity index (χ4v) is 2.54. The Labute approximate surface area is 108 Å². The van der Waals surface area contributed by atoms with Gasteiger partial charge in [-0.05, 0) is 32.2 Å². The molecule has 1 aromatic rings. The summed E-state index contributed by atoms with van der Waals surface area (Å²) in [4.78, 5) is 14.2. The molecular formula is C13H22N4O. The van der Waals surface area contributed by atoms with E-state index in [2.05, 4.69) is 22.2 Å². The van der Waals surface area contributed by atoms with Gasteiger partial charge in [0.1, 0.15) is 5.82 Å². The molecule has 1 unspecified atom stereocenters. The molecule has 1 amide bonds. The number of hydrogen-bond donors (Lipinski definition) is 1. The summed E-state index contributed by atoms with van der Waals surface area (Å²) >= 11 is 0. The van der Waals surface area contributed by atoms with Gasteiger partial charge in [-0.2, -0.15) is 5.10 Å². The molecule has 0 radical (unpaired) electrons. The van der Waals surface area contributed by atoms with Crippen LogP contribution in [0, 0.1) is 12.8 Å². The summed E-state index contributed by atoms with van der Waals surface area (Å²) in [6.07, 6.45) is 2.47. The van der Waals surface area contributed by atoms with Gasteiger partial charge >= 0.3 is 0 Å². The number of aromatic nitrogens is 2. The molecule has 2 rings (SSSR count). The van der Waals surface area contributed by atoms with Crippen LogP contribution in [0.4, 0.5) is 5.82 Å². The third-order valence-corrected chi connectivity index (χ3v) is 3.38. The lowest BCUT2D eigenvalue weighted by molar-refractivity contribution is -0.117. The molecule has 0 aliphatic carbocycles. The first kappa shape index (κ1) is 13.1. The van der Waals surface area contributed by atoms with E-state index in [-0.39, 0.29) is 5.91 Å². The maximum Gasteiger partial charge on any atom is 0.239 e. The van der Waals surface area contributed by atoms with Gasteiger partial charge in [0.15, 0.2) is 0 Å². The lowest BCUT2D eigenvalue weighted by Crippen LogP contribution is -2.39. The molecular weight excluding hydrogens is 228 g/mol. The highest BCUT2D eigenvalue weighted by atomic mass is 16.2. The highest BCUT2D eigenvalue weighted by Crippen LogP contribution is 2.15. The summed E-state index contributed by atoms with van der Waals surface area (Å²) in [5.74, 6) is 1.51. The lowest BCUT2D eigenvalue weighted by Gasteiger charge is -2.30. The number of aryl methyl sites for hydroxylation is 2. The summed E-state index contributed by atoms with van der Waals surface area (Å²) in [5.41, 5.74) is 0.916. The number of anilines is 1. The highest BCUT2D eigenvalue weighted by Gasteiger charge is 2.18. The van der Waals surface area contributed by atoms with Crippen LogP contribution in [0.15, 0.2) is 6.07 Å². The monoisotopic (exact) mass is 250 g/mol. The van der Waals surface area contributed by atoms with Gasteiger partial charge in [0.2, 0.25) is 5.91 Å². The van der Waals surface area contributed by atoms with Crippen LogP contribution >= 0.6 is 0 Å². The third-order valence-electron chi connectivity index (χ3n) is 3.38. The molecule has 0 aromatic carbocycles. The van der Waals surface area contributed by atoms with Crippen LogP contribution in [-0.4, -0.2) is 40.2 Å².